The second kappa shape index (κ2) is 6.14. The van der Waals surface area contributed by atoms with Crippen molar-refractivity contribution in [1.82, 2.24) is 4.90 Å². The Morgan fingerprint density at radius 1 is 1.71 bits per heavy atom. The first kappa shape index (κ1) is 13.6. The lowest BCUT2D eigenvalue weighted by Crippen LogP contribution is -2.32. The second-order valence-corrected chi connectivity index (χ2v) is 4.04. The molecule has 2 N–H and O–H groups in total. The summed E-state index contributed by atoms with van der Waals surface area (Å²) in [6.45, 7) is 3.54. The van der Waals surface area contributed by atoms with Crippen molar-refractivity contribution in [1.29, 1.82) is 0 Å². The topological polar surface area (TPSA) is 63.4 Å². The van der Waals surface area contributed by atoms with Crippen LogP contribution in [-0.2, 0) is 9.59 Å². The summed E-state index contributed by atoms with van der Waals surface area (Å²) < 4.78 is 0. The first-order valence-corrected chi connectivity index (χ1v) is 5.60. The third-order valence-corrected chi connectivity index (χ3v) is 2.90. The summed E-state index contributed by atoms with van der Waals surface area (Å²) in [5.74, 6) is 0.243. The van der Waals surface area contributed by atoms with Gasteiger partial charge in [0.15, 0.2) is 0 Å². The molecular weight excluding hydrogens is 248 g/mol. The molecule has 82 valence electrons. The molecule has 0 aromatic rings. The van der Waals surface area contributed by atoms with Gasteiger partial charge in [-0.1, -0.05) is 15.9 Å². The van der Waals surface area contributed by atoms with Crippen molar-refractivity contribution in [2.75, 3.05) is 12.4 Å². The first-order chi connectivity index (χ1) is 6.40. The molecule has 0 saturated carbocycles. The molecule has 0 radical (unpaired) electrons. The molecule has 1 fully saturated rings. The van der Waals surface area contributed by atoms with Gasteiger partial charge >= 0.3 is 0 Å². The fourth-order valence-electron chi connectivity index (χ4n) is 1.11. The highest BCUT2D eigenvalue weighted by Crippen LogP contribution is 2.13. The van der Waals surface area contributed by atoms with Gasteiger partial charge in [0.2, 0.25) is 5.91 Å². The maximum atomic E-state index is 10.9. The summed E-state index contributed by atoms with van der Waals surface area (Å²) in [5, 5.41) is 0.479. The van der Waals surface area contributed by atoms with Crippen molar-refractivity contribution >= 4 is 27.6 Å². The average molecular weight is 265 g/mol. The molecule has 0 bridgehead atoms. The number of halogens is 1. The molecule has 2 atom stereocenters. The molecule has 1 aliphatic rings. The molecule has 1 amide bonds. The Kier molecular flexibility index (Phi) is 5.95. The van der Waals surface area contributed by atoms with E-state index < -0.39 is 0 Å². The number of alkyl halides is 1. The van der Waals surface area contributed by atoms with Crippen molar-refractivity contribution < 1.29 is 9.59 Å². The lowest BCUT2D eigenvalue weighted by molar-refractivity contribution is -0.128. The Morgan fingerprint density at radius 2 is 2.14 bits per heavy atom. The summed E-state index contributed by atoms with van der Waals surface area (Å²) in [5.41, 5.74) is 5.47. The quantitative estimate of drug-likeness (QED) is 0.703. The standard InChI is InChI=1S/C6H12N2O.C3H5BrO/c1-4-3-5(7)6(9)8(4)2;1-3(5)2-4/h4-5H,3,7H2,1-2H3;2H2,1H3. The number of hydrogen-bond acceptors (Lipinski definition) is 3. The molecule has 0 aliphatic carbocycles. The number of rotatable bonds is 1. The minimum Gasteiger partial charge on any atom is -0.342 e. The number of amides is 1. The summed E-state index contributed by atoms with van der Waals surface area (Å²) in [4.78, 5) is 22.4. The van der Waals surface area contributed by atoms with E-state index in [9.17, 15) is 9.59 Å². The molecule has 0 spiro atoms. The van der Waals surface area contributed by atoms with E-state index in [1.807, 2.05) is 6.92 Å². The van der Waals surface area contributed by atoms with Gasteiger partial charge in [-0.25, -0.2) is 0 Å². The Balaban J connectivity index is 0.000000292. The van der Waals surface area contributed by atoms with Crippen LogP contribution in [0, 0.1) is 0 Å². The summed E-state index contributed by atoms with van der Waals surface area (Å²) >= 11 is 2.96. The normalized spacial score (nSPS) is 25.8. The molecule has 2 unspecified atom stereocenters. The highest BCUT2D eigenvalue weighted by atomic mass is 79.9. The molecule has 1 saturated heterocycles. The van der Waals surface area contributed by atoms with Gasteiger partial charge in [0, 0.05) is 13.1 Å². The van der Waals surface area contributed by atoms with Crippen LogP contribution in [0.15, 0.2) is 0 Å². The number of hydrogen-bond donors (Lipinski definition) is 1. The number of ketones is 1. The van der Waals surface area contributed by atoms with Gasteiger partial charge in [0.25, 0.3) is 0 Å². The van der Waals surface area contributed by atoms with Gasteiger partial charge < -0.3 is 10.6 Å². The lowest BCUT2D eigenvalue weighted by atomic mass is 10.2. The van der Waals surface area contributed by atoms with Gasteiger partial charge in [-0.15, -0.1) is 0 Å². The SMILES string of the molecule is CC(=O)CBr.CC1CC(N)C(=O)N1C. The van der Waals surface area contributed by atoms with Gasteiger partial charge in [-0.05, 0) is 20.3 Å². The van der Waals surface area contributed by atoms with Gasteiger partial charge in [0.05, 0.1) is 11.4 Å². The Hall–Kier alpha value is -0.420. The van der Waals surface area contributed by atoms with Crippen molar-refractivity contribution in [3.05, 3.63) is 0 Å². The van der Waals surface area contributed by atoms with Crippen LogP contribution in [0.25, 0.3) is 0 Å². The summed E-state index contributed by atoms with van der Waals surface area (Å²) in [6.07, 6.45) is 0.801. The van der Waals surface area contributed by atoms with E-state index in [2.05, 4.69) is 15.9 Å². The van der Waals surface area contributed by atoms with E-state index in [1.54, 1.807) is 11.9 Å². The smallest absolute Gasteiger partial charge is 0.239 e. The van der Waals surface area contributed by atoms with Crippen molar-refractivity contribution in [3.8, 4) is 0 Å². The number of likely N-dealkylation sites (N-methyl/N-ethyl adjacent to an activating group) is 1. The zero-order chi connectivity index (χ0) is 11.3. The van der Waals surface area contributed by atoms with E-state index in [1.165, 1.54) is 6.92 Å². The highest BCUT2D eigenvalue weighted by Gasteiger charge is 2.31. The van der Waals surface area contributed by atoms with Crippen LogP contribution in [0.1, 0.15) is 20.3 Å². The zero-order valence-electron chi connectivity index (χ0n) is 8.79. The number of Topliss-reactive ketones (excluding diaryl/α,β-unsaturated/α-hetero) is 1. The van der Waals surface area contributed by atoms with Gasteiger partial charge in [-0.3, -0.25) is 9.59 Å². The van der Waals surface area contributed by atoms with Crippen molar-refractivity contribution in [2.24, 2.45) is 5.73 Å². The fraction of sp³-hybridized carbons (Fsp3) is 0.778. The van der Waals surface area contributed by atoms with Crippen LogP contribution < -0.4 is 5.73 Å². The Morgan fingerprint density at radius 3 is 2.21 bits per heavy atom. The van der Waals surface area contributed by atoms with Crippen LogP contribution >= 0.6 is 15.9 Å². The molecule has 1 aliphatic heterocycles. The number of likely N-dealkylation sites (tertiary alicyclic amines) is 1. The molecule has 0 aromatic heterocycles. The first-order valence-electron chi connectivity index (χ1n) is 4.47. The summed E-state index contributed by atoms with van der Waals surface area (Å²) in [7, 11) is 1.79. The predicted molar refractivity (Wildman–Crippen MR) is 59.3 cm³/mol. The zero-order valence-corrected chi connectivity index (χ0v) is 10.4. The second-order valence-electron chi connectivity index (χ2n) is 3.48. The lowest BCUT2D eigenvalue weighted by Gasteiger charge is -2.13. The molecular formula is C9H17BrN2O2. The molecule has 1 heterocycles. The monoisotopic (exact) mass is 264 g/mol. The Labute approximate surface area is 92.9 Å². The van der Waals surface area contributed by atoms with E-state index in [0.29, 0.717) is 11.4 Å². The minimum atomic E-state index is -0.245. The van der Waals surface area contributed by atoms with Crippen LogP contribution in [0.5, 0.6) is 0 Å². The predicted octanol–water partition coefficient (Wildman–Crippen LogP) is 0.535. The van der Waals surface area contributed by atoms with Gasteiger partial charge in [-0.2, -0.15) is 0 Å². The highest BCUT2D eigenvalue weighted by molar-refractivity contribution is 9.09. The number of carbonyl (C=O) groups excluding carboxylic acids is 2. The number of nitrogens with two attached hydrogens (primary N) is 1. The molecule has 14 heavy (non-hydrogen) atoms. The van der Waals surface area contributed by atoms with E-state index in [0.717, 1.165) is 6.42 Å². The molecule has 4 nitrogen and oxygen atoms in total. The minimum absolute atomic E-state index is 0.0718. The van der Waals surface area contributed by atoms with Crippen LogP contribution in [0.4, 0.5) is 0 Å². The van der Waals surface area contributed by atoms with E-state index in [4.69, 9.17) is 5.73 Å². The third-order valence-electron chi connectivity index (χ3n) is 2.11. The molecule has 0 aromatic carbocycles. The van der Waals surface area contributed by atoms with Crippen LogP contribution in [0.3, 0.4) is 0 Å². The largest absolute Gasteiger partial charge is 0.342 e. The van der Waals surface area contributed by atoms with Crippen LogP contribution in [0.2, 0.25) is 0 Å². The summed E-state index contributed by atoms with van der Waals surface area (Å²) in [6, 6.07) is 0.0810. The van der Waals surface area contributed by atoms with E-state index in [-0.39, 0.29) is 17.7 Å². The van der Waals surface area contributed by atoms with Crippen molar-refractivity contribution in [3.63, 3.8) is 0 Å². The van der Waals surface area contributed by atoms with Gasteiger partial charge in [0.1, 0.15) is 5.78 Å². The maximum absolute atomic E-state index is 10.9. The maximum Gasteiger partial charge on any atom is 0.239 e. The van der Waals surface area contributed by atoms with E-state index >= 15 is 0 Å². The third kappa shape index (κ3) is 4.19. The fourth-order valence-corrected chi connectivity index (χ4v) is 1.11. The van der Waals surface area contributed by atoms with Crippen LogP contribution in [-0.4, -0.2) is 41.1 Å². The van der Waals surface area contributed by atoms with Crippen molar-refractivity contribution in [2.45, 2.75) is 32.4 Å². The Bertz CT molecular complexity index is 221. The molecule has 5 heteroatoms. The number of carbonyl (C=O) groups is 2. The average Bonchev–Trinajstić information content (AvgIpc) is 2.34. The number of nitrogens with zero attached hydrogens (tertiary/aromatic N) is 1. The molecule has 1 rings (SSSR count).